The summed E-state index contributed by atoms with van der Waals surface area (Å²) in [5, 5.41) is 1.29. The third kappa shape index (κ3) is 4.98. The van der Waals surface area contributed by atoms with Crippen molar-refractivity contribution < 1.29 is 13.2 Å². The van der Waals surface area contributed by atoms with Crippen molar-refractivity contribution in [2.45, 2.75) is 45.4 Å². The van der Waals surface area contributed by atoms with Gasteiger partial charge < -0.3 is 0 Å². The van der Waals surface area contributed by atoms with Crippen LogP contribution in [0.1, 0.15) is 42.9 Å². The van der Waals surface area contributed by atoms with Crippen LogP contribution in [0, 0.1) is 17.5 Å². The van der Waals surface area contributed by atoms with Crippen molar-refractivity contribution in [3.05, 3.63) is 95.1 Å². The van der Waals surface area contributed by atoms with Gasteiger partial charge in [0.25, 0.3) is 0 Å². The van der Waals surface area contributed by atoms with Crippen molar-refractivity contribution in [2.75, 3.05) is 0 Å². The minimum Gasteiger partial charge on any atom is -0.236 e. The van der Waals surface area contributed by atoms with Crippen LogP contribution in [0.15, 0.2) is 60.9 Å². The minimum absolute atomic E-state index is 0.288. The minimum atomic E-state index is -0.884. The van der Waals surface area contributed by atoms with E-state index in [4.69, 9.17) is 0 Å². The summed E-state index contributed by atoms with van der Waals surface area (Å²) in [6.07, 6.45) is 9.04. The molecule has 1 heterocycles. The zero-order valence-electron chi connectivity index (χ0n) is 18.0. The zero-order chi connectivity index (χ0) is 22.5. The van der Waals surface area contributed by atoms with Gasteiger partial charge in [-0.1, -0.05) is 50.1 Å². The van der Waals surface area contributed by atoms with Crippen molar-refractivity contribution in [1.82, 2.24) is 9.97 Å². The molecule has 164 valence electrons. The second-order valence-corrected chi connectivity index (χ2v) is 8.10. The summed E-state index contributed by atoms with van der Waals surface area (Å²) in [4.78, 5) is 8.98. The number of fused-ring (bicyclic) bond motifs is 1. The van der Waals surface area contributed by atoms with E-state index in [0.717, 1.165) is 41.5 Å². The predicted molar refractivity (Wildman–Crippen MR) is 122 cm³/mol. The number of halogens is 3. The van der Waals surface area contributed by atoms with Crippen LogP contribution in [0.4, 0.5) is 13.2 Å². The first-order chi connectivity index (χ1) is 15.5. The maximum Gasteiger partial charge on any atom is 0.159 e. The molecule has 0 N–H and O–H groups in total. The van der Waals surface area contributed by atoms with Crippen LogP contribution in [0.25, 0.3) is 22.2 Å². The van der Waals surface area contributed by atoms with Gasteiger partial charge in [-0.05, 0) is 66.0 Å². The van der Waals surface area contributed by atoms with Gasteiger partial charge >= 0.3 is 0 Å². The van der Waals surface area contributed by atoms with Gasteiger partial charge in [0.2, 0.25) is 0 Å². The Balaban J connectivity index is 1.51. The van der Waals surface area contributed by atoms with E-state index in [-0.39, 0.29) is 5.82 Å². The van der Waals surface area contributed by atoms with E-state index < -0.39 is 11.6 Å². The summed E-state index contributed by atoms with van der Waals surface area (Å²) in [6, 6.07) is 12.9. The SMILES string of the molecule is CCCCCc1cnc(-c2ccc3c(F)c(CCc4ccc(F)c(F)c4)ccc3c2)nc1. The van der Waals surface area contributed by atoms with Gasteiger partial charge in [0, 0.05) is 23.3 Å². The second-order valence-electron chi connectivity index (χ2n) is 8.10. The Bertz CT molecular complexity index is 1220. The summed E-state index contributed by atoms with van der Waals surface area (Å²) in [5.74, 6) is -1.43. The maximum atomic E-state index is 15.1. The van der Waals surface area contributed by atoms with E-state index in [1.165, 1.54) is 18.9 Å². The summed E-state index contributed by atoms with van der Waals surface area (Å²) < 4.78 is 41.6. The summed E-state index contributed by atoms with van der Waals surface area (Å²) in [6.45, 7) is 2.18. The van der Waals surface area contributed by atoms with E-state index in [9.17, 15) is 8.78 Å². The molecule has 0 spiro atoms. The molecular formula is C27H25F3N2. The molecule has 0 bridgehead atoms. The summed E-state index contributed by atoms with van der Waals surface area (Å²) in [5.41, 5.74) is 3.14. The molecule has 3 aromatic carbocycles. The van der Waals surface area contributed by atoms with Crippen LogP contribution in [0.5, 0.6) is 0 Å². The molecule has 4 rings (SSSR count). The lowest BCUT2D eigenvalue weighted by atomic mass is 9.99. The quantitative estimate of drug-likeness (QED) is 0.273. The first kappa shape index (κ1) is 22.0. The van der Waals surface area contributed by atoms with Crippen LogP contribution in [-0.2, 0) is 19.3 Å². The highest BCUT2D eigenvalue weighted by Gasteiger charge is 2.11. The molecule has 2 nitrogen and oxygen atoms in total. The normalized spacial score (nSPS) is 11.2. The lowest BCUT2D eigenvalue weighted by Crippen LogP contribution is -1.98. The Morgan fingerprint density at radius 2 is 1.53 bits per heavy atom. The molecule has 0 amide bonds. The third-order valence-corrected chi connectivity index (χ3v) is 5.73. The highest BCUT2D eigenvalue weighted by atomic mass is 19.2. The maximum absolute atomic E-state index is 15.1. The van der Waals surface area contributed by atoms with Crippen molar-refractivity contribution >= 4 is 10.8 Å². The summed E-state index contributed by atoms with van der Waals surface area (Å²) >= 11 is 0. The molecule has 32 heavy (non-hydrogen) atoms. The van der Waals surface area contributed by atoms with E-state index in [0.29, 0.717) is 35.2 Å². The fourth-order valence-corrected chi connectivity index (χ4v) is 3.86. The van der Waals surface area contributed by atoms with Gasteiger partial charge in [-0.3, -0.25) is 0 Å². The second kappa shape index (κ2) is 9.94. The van der Waals surface area contributed by atoms with Crippen molar-refractivity contribution in [3.8, 4) is 11.4 Å². The lowest BCUT2D eigenvalue weighted by molar-refractivity contribution is 0.507. The molecule has 0 unspecified atom stereocenters. The molecule has 1 aromatic heterocycles. The van der Waals surface area contributed by atoms with Crippen LogP contribution in [0.3, 0.4) is 0 Å². The van der Waals surface area contributed by atoms with E-state index >= 15 is 4.39 Å². The first-order valence-electron chi connectivity index (χ1n) is 11.0. The molecule has 0 aliphatic heterocycles. The van der Waals surface area contributed by atoms with Crippen molar-refractivity contribution in [3.63, 3.8) is 0 Å². The number of hydrogen-bond acceptors (Lipinski definition) is 2. The number of unbranched alkanes of at least 4 members (excludes halogenated alkanes) is 2. The average Bonchev–Trinajstić information content (AvgIpc) is 2.81. The van der Waals surface area contributed by atoms with E-state index in [2.05, 4.69) is 16.9 Å². The van der Waals surface area contributed by atoms with Crippen LogP contribution in [-0.4, -0.2) is 9.97 Å². The molecule has 0 aliphatic carbocycles. The first-order valence-corrected chi connectivity index (χ1v) is 11.0. The fraction of sp³-hybridized carbons (Fsp3) is 0.259. The van der Waals surface area contributed by atoms with Crippen LogP contribution < -0.4 is 0 Å². The predicted octanol–water partition coefficient (Wildman–Crippen LogP) is 7.23. The standard InChI is InChI=1S/C27H25F3N2/c1-2-3-4-5-19-16-31-27(32-17-19)22-11-12-23-21(15-22)10-9-20(26(23)30)8-6-18-7-13-24(28)25(29)14-18/h7,9-17H,2-6,8H2,1H3. The van der Waals surface area contributed by atoms with Crippen molar-refractivity contribution in [1.29, 1.82) is 0 Å². The van der Waals surface area contributed by atoms with E-state index in [1.54, 1.807) is 12.1 Å². The van der Waals surface area contributed by atoms with Gasteiger partial charge in [-0.15, -0.1) is 0 Å². The summed E-state index contributed by atoms with van der Waals surface area (Å²) in [7, 11) is 0. The van der Waals surface area contributed by atoms with Gasteiger partial charge in [-0.2, -0.15) is 0 Å². The van der Waals surface area contributed by atoms with Crippen LogP contribution >= 0.6 is 0 Å². The Morgan fingerprint density at radius 3 is 2.28 bits per heavy atom. The number of aryl methyl sites for hydroxylation is 3. The number of hydrogen-bond donors (Lipinski definition) is 0. The van der Waals surface area contributed by atoms with Gasteiger partial charge in [-0.25, -0.2) is 23.1 Å². The molecule has 0 saturated heterocycles. The number of nitrogens with zero attached hydrogens (tertiary/aromatic N) is 2. The lowest BCUT2D eigenvalue weighted by Gasteiger charge is -2.09. The Kier molecular flexibility index (Phi) is 6.84. The fourth-order valence-electron chi connectivity index (χ4n) is 3.86. The molecular weight excluding hydrogens is 409 g/mol. The largest absolute Gasteiger partial charge is 0.236 e. The molecule has 0 atom stereocenters. The monoisotopic (exact) mass is 434 g/mol. The molecule has 4 aromatic rings. The third-order valence-electron chi connectivity index (χ3n) is 5.73. The Morgan fingerprint density at radius 1 is 0.719 bits per heavy atom. The molecule has 0 radical (unpaired) electrons. The zero-order valence-corrected chi connectivity index (χ0v) is 18.0. The molecule has 5 heteroatoms. The highest BCUT2D eigenvalue weighted by Crippen LogP contribution is 2.27. The van der Waals surface area contributed by atoms with Gasteiger partial charge in [0.1, 0.15) is 5.82 Å². The number of aromatic nitrogens is 2. The Hall–Kier alpha value is -3.21. The van der Waals surface area contributed by atoms with Gasteiger partial charge in [0.05, 0.1) is 0 Å². The topological polar surface area (TPSA) is 25.8 Å². The highest BCUT2D eigenvalue weighted by molar-refractivity contribution is 5.87. The van der Waals surface area contributed by atoms with Gasteiger partial charge in [0.15, 0.2) is 17.5 Å². The smallest absolute Gasteiger partial charge is 0.159 e. The van der Waals surface area contributed by atoms with Crippen molar-refractivity contribution in [2.24, 2.45) is 0 Å². The molecule has 0 aliphatic rings. The number of rotatable bonds is 8. The number of benzene rings is 3. The van der Waals surface area contributed by atoms with Crippen LogP contribution in [0.2, 0.25) is 0 Å². The Labute approximate surface area is 186 Å². The molecule has 0 fully saturated rings. The van der Waals surface area contributed by atoms with E-state index in [1.807, 2.05) is 30.6 Å². The molecule has 0 saturated carbocycles. The average molecular weight is 435 g/mol.